The summed E-state index contributed by atoms with van der Waals surface area (Å²) in [6, 6.07) is 8.30. The van der Waals surface area contributed by atoms with Crippen LogP contribution in [0.5, 0.6) is 11.6 Å². The standard InChI is InChI=1S/C15H16BrFN2O/c1-2-12(18)8-10-4-3-7-19-15(10)20-14-9-11(16)5-6-13(14)17/h3-7,9,12H,2,8,18H2,1H3. The molecule has 0 saturated carbocycles. The fourth-order valence-corrected chi connectivity index (χ4v) is 2.10. The average molecular weight is 339 g/mol. The monoisotopic (exact) mass is 338 g/mol. The second kappa shape index (κ2) is 6.81. The Kier molecular flexibility index (Phi) is 5.09. The number of nitrogens with two attached hydrogens (primary N) is 1. The van der Waals surface area contributed by atoms with E-state index in [-0.39, 0.29) is 11.8 Å². The summed E-state index contributed by atoms with van der Waals surface area (Å²) in [4.78, 5) is 4.17. The highest BCUT2D eigenvalue weighted by molar-refractivity contribution is 9.10. The zero-order valence-electron chi connectivity index (χ0n) is 11.1. The third-order valence-corrected chi connectivity index (χ3v) is 3.45. The highest BCUT2D eigenvalue weighted by atomic mass is 79.9. The van der Waals surface area contributed by atoms with Crippen molar-refractivity contribution in [1.82, 2.24) is 4.98 Å². The summed E-state index contributed by atoms with van der Waals surface area (Å²) in [5, 5.41) is 0. The lowest BCUT2D eigenvalue weighted by Gasteiger charge is -2.13. The normalized spacial score (nSPS) is 12.2. The molecular formula is C15H16BrFN2O. The second-order valence-electron chi connectivity index (χ2n) is 4.52. The molecule has 1 heterocycles. The molecule has 0 radical (unpaired) electrons. The van der Waals surface area contributed by atoms with Crippen LogP contribution in [0, 0.1) is 5.82 Å². The van der Waals surface area contributed by atoms with E-state index < -0.39 is 5.82 Å². The molecule has 5 heteroatoms. The van der Waals surface area contributed by atoms with Gasteiger partial charge in [-0.3, -0.25) is 0 Å². The molecule has 0 aliphatic rings. The summed E-state index contributed by atoms with van der Waals surface area (Å²) in [6.07, 6.45) is 3.13. The topological polar surface area (TPSA) is 48.1 Å². The summed E-state index contributed by atoms with van der Waals surface area (Å²) >= 11 is 3.29. The fourth-order valence-electron chi connectivity index (χ4n) is 1.76. The first-order valence-corrected chi connectivity index (χ1v) is 7.21. The fraction of sp³-hybridized carbons (Fsp3) is 0.267. The van der Waals surface area contributed by atoms with Crippen LogP contribution in [0.3, 0.4) is 0 Å². The number of benzene rings is 1. The average Bonchev–Trinajstić information content (AvgIpc) is 2.44. The van der Waals surface area contributed by atoms with Crippen molar-refractivity contribution in [1.29, 1.82) is 0 Å². The van der Waals surface area contributed by atoms with Crippen LogP contribution in [-0.4, -0.2) is 11.0 Å². The van der Waals surface area contributed by atoms with E-state index in [1.807, 2.05) is 19.1 Å². The number of aromatic nitrogens is 1. The molecule has 20 heavy (non-hydrogen) atoms. The number of hydrogen-bond donors (Lipinski definition) is 1. The van der Waals surface area contributed by atoms with E-state index in [9.17, 15) is 4.39 Å². The number of rotatable bonds is 5. The van der Waals surface area contributed by atoms with Gasteiger partial charge in [0.15, 0.2) is 11.6 Å². The lowest BCUT2D eigenvalue weighted by molar-refractivity contribution is 0.420. The molecule has 1 aromatic heterocycles. The second-order valence-corrected chi connectivity index (χ2v) is 5.43. The summed E-state index contributed by atoms with van der Waals surface area (Å²) in [7, 11) is 0. The molecule has 3 nitrogen and oxygen atoms in total. The molecular weight excluding hydrogens is 323 g/mol. The number of hydrogen-bond acceptors (Lipinski definition) is 3. The van der Waals surface area contributed by atoms with Crippen molar-refractivity contribution in [3.05, 3.63) is 52.4 Å². The van der Waals surface area contributed by atoms with Gasteiger partial charge in [-0.15, -0.1) is 0 Å². The molecule has 2 rings (SSSR count). The molecule has 0 amide bonds. The van der Waals surface area contributed by atoms with Gasteiger partial charge in [0.05, 0.1) is 0 Å². The van der Waals surface area contributed by atoms with Gasteiger partial charge in [0.1, 0.15) is 0 Å². The molecule has 106 valence electrons. The Bertz CT molecular complexity index is 592. The minimum Gasteiger partial charge on any atom is -0.436 e. The SMILES string of the molecule is CCC(N)Cc1cccnc1Oc1cc(Br)ccc1F. The molecule has 0 saturated heterocycles. The van der Waals surface area contributed by atoms with Gasteiger partial charge in [-0.25, -0.2) is 9.37 Å². The molecule has 1 aromatic carbocycles. The summed E-state index contributed by atoms with van der Waals surface area (Å²) in [6.45, 7) is 2.02. The molecule has 1 unspecified atom stereocenters. The highest BCUT2D eigenvalue weighted by Gasteiger charge is 2.12. The molecule has 0 fully saturated rings. The molecule has 0 aliphatic carbocycles. The molecule has 2 N–H and O–H groups in total. The molecule has 0 aliphatic heterocycles. The predicted molar refractivity (Wildman–Crippen MR) is 80.4 cm³/mol. The van der Waals surface area contributed by atoms with Crippen LogP contribution in [0.15, 0.2) is 41.0 Å². The van der Waals surface area contributed by atoms with Gasteiger partial charge in [-0.05, 0) is 37.1 Å². The zero-order valence-corrected chi connectivity index (χ0v) is 12.7. The van der Waals surface area contributed by atoms with E-state index in [1.54, 1.807) is 18.3 Å². The Morgan fingerprint density at radius 3 is 2.95 bits per heavy atom. The quantitative estimate of drug-likeness (QED) is 0.894. The number of nitrogens with zero attached hydrogens (tertiary/aromatic N) is 1. The van der Waals surface area contributed by atoms with Crippen LogP contribution in [0.1, 0.15) is 18.9 Å². The third kappa shape index (κ3) is 3.77. The maximum Gasteiger partial charge on any atom is 0.222 e. The van der Waals surface area contributed by atoms with E-state index in [0.717, 1.165) is 16.5 Å². The smallest absolute Gasteiger partial charge is 0.222 e. The maximum atomic E-state index is 13.7. The van der Waals surface area contributed by atoms with Crippen LogP contribution in [0.4, 0.5) is 4.39 Å². The maximum absolute atomic E-state index is 13.7. The van der Waals surface area contributed by atoms with Crippen molar-refractivity contribution in [2.24, 2.45) is 5.73 Å². The lowest BCUT2D eigenvalue weighted by Crippen LogP contribution is -2.21. The Hall–Kier alpha value is -1.46. The van der Waals surface area contributed by atoms with Gasteiger partial charge in [-0.1, -0.05) is 28.9 Å². The molecule has 0 spiro atoms. The van der Waals surface area contributed by atoms with Crippen molar-refractivity contribution in [2.75, 3.05) is 0 Å². The largest absolute Gasteiger partial charge is 0.436 e. The lowest BCUT2D eigenvalue weighted by atomic mass is 10.1. The van der Waals surface area contributed by atoms with Crippen LogP contribution in [0.25, 0.3) is 0 Å². The van der Waals surface area contributed by atoms with Gasteiger partial charge >= 0.3 is 0 Å². The van der Waals surface area contributed by atoms with E-state index in [2.05, 4.69) is 20.9 Å². The summed E-state index contributed by atoms with van der Waals surface area (Å²) < 4.78 is 20.1. The zero-order chi connectivity index (χ0) is 14.5. The van der Waals surface area contributed by atoms with Crippen LogP contribution < -0.4 is 10.5 Å². The number of ether oxygens (including phenoxy) is 1. The summed E-state index contributed by atoms with van der Waals surface area (Å²) in [5.74, 6) is 0.113. The molecule has 0 bridgehead atoms. The molecule has 1 atom stereocenters. The Morgan fingerprint density at radius 2 is 2.20 bits per heavy atom. The Labute approximate surface area is 126 Å². The van der Waals surface area contributed by atoms with Crippen molar-refractivity contribution < 1.29 is 9.13 Å². The Morgan fingerprint density at radius 1 is 1.40 bits per heavy atom. The first kappa shape index (κ1) is 14.9. The van der Waals surface area contributed by atoms with E-state index in [4.69, 9.17) is 10.5 Å². The first-order valence-electron chi connectivity index (χ1n) is 6.42. The predicted octanol–water partition coefficient (Wildman–Crippen LogP) is 4.06. The van der Waals surface area contributed by atoms with Gasteiger partial charge in [0.25, 0.3) is 0 Å². The molecule has 2 aromatic rings. The summed E-state index contributed by atoms with van der Waals surface area (Å²) in [5.41, 5.74) is 6.83. The number of pyridine rings is 1. The van der Waals surface area contributed by atoms with Crippen LogP contribution in [-0.2, 0) is 6.42 Å². The minimum atomic E-state index is -0.426. The van der Waals surface area contributed by atoms with Crippen LogP contribution in [0.2, 0.25) is 0 Å². The van der Waals surface area contributed by atoms with Gasteiger partial charge in [0, 0.05) is 22.3 Å². The van der Waals surface area contributed by atoms with Gasteiger partial charge in [-0.2, -0.15) is 0 Å². The van der Waals surface area contributed by atoms with E-state index in [0.29, 0.717) is 12.3 Å². The highest BCUT2D eigenvalue weighted by Crippen LogP contribution is 2.28. The van der Waals surface area contributed by atoms with Crippen LogP contribution >= 0.6 is 15.9 Å². The minimum absolute atomic E-state index is 0.0360. The van der Waals surface area contributed by atoms with Crippen molar-refractivity contribution in [2.45, 2.75) is 25.8 Å². The van der Waals surface area contributed by atoms with Gasteiger partial charge < -0.3 is 10.5 Å². The van der Waals surface area contributed by atoms with Crippen molar-refractivity contribution in [3.63, 3.8) is 0 Å². The van der Waals surface area contributed by atoms with E-state index in [1.165, 1.54) is 6.07 Å². The third-order valence-electron chi connectivity index (χ3n) is 2.96. The van der Waals surface area contributed by atoms with Crippen molar-refractivity contribution in [3.8, 4) is 11.6 Å². The van der Waals surface area contributed by atoms with Gasteiger partial charge in [0.2, 0.25) is 5.88 Å². The van der Waals surface area contributed by atoms with E-state index >= 15 is 0 Å². The van der Waals surface area contributed by atoms with Crippen molar-refractivity contribution >= 4 is 15.9 Å². The Balaban J connectivity index is 2.27. The number of halogens is 2. The first-order chi connectivity index (χ1) is 9.60.